The number of nitrogens with one attached hydrogen (secondary N) is 1. The van der Waals surface area contributed by atoms with Crippen molar-refractivity contribution in [2.45, 2.75) is 26.3 Å². The number of pyridine rings is 1. The normalized spacial score (nSPS) is 17.6. The van der Waals surface area contributed by atoms with E-state index in [0.717, 1.165) is 17.7 Å². The van der Waals surface area contributed by atoms with Crippen molar-refractivity contribution in [3.8, 4) is 0 Å². The Morgan fingerprint density at radius 1 is 1.36 bits per heavy atom. The molecule has 1 N–H and O–H groups in total. The summed E-state index contributed by atoms with van der Waals surface area (Å²) in [5.74, 6) is 1.57. The second-order valence-electron chi connectivity index (χ2n) is 6.16. The van der Waals surface area contributed by atoms with Crippen LogP contribution in [0.1, 0.15) is 30.0 Å². The second kappa shape index (κ2) is 7.14. The van der Waals surface area contributed by atoms with Gasteiger partial charge in [-0.3, -0.25) is 4.79 Å². The predicted octanol–water partition coefficient (Wildman–Crippen LogP) is 2.45. The van der Waals surface area contributed by atoms with Gasteiger partial charge in [-0.25, -0.2) is 4.79 Å². The van der Waals surface area contributed by atoms with E-state index in [0.29, 0.717) is 31.2 Å². The molecule has 1 saturated heterocycles. The molecule has 0 aromatic carbocycles. The second-order valence-corrected chi connectivity index (χ2v) is 6.16. The first-order valence-corrected chi connectivity index (χ1v) is 8.41. The Kier molecular flexibility index (Phi) is 4.94. The lowest BCUT2D eigenvalue weighted by Gasteiger charge is -2.34. The Balaban J connectivity index is 1.84. The smallest absolute Gasteiger partial charge is 0.322 e. The van der Waals surface area contributed by atoms with Crippen LogP contribution in [0, 0.1) is 6.92 Å². The molecular weight excluding hydrogens is 322 g/mol. The third kappa shape index (κ3) is 3.46. The topological polar surface area (TPSA) is 76.7 Å². The Morgan fingerprint density at radius 3 is 2.88 bits per heavy atom. The van der Waals surface area contributed by atoms with E-state index in [1.807, 2.05) is 19.1 Å². The van der Waals surface area contributed by atoms with E-state index in [1.54, 1.807) is 31.1 Å². The molecule has 3 heterocycles. The first-order valence-electron chi connectivity index (χ1n) is 8.41. The van der Waals surface area contributed by atoms with Gasteiger partial charge >= 0.3 is 6.03 Å². The number of urea groups is 1. The molecule has 0 bridgehead atoms. The van der Waals surface area contributed by atoms with Gasteiger partial charge in [0.05, 0.1) is 13.2 Å². The van der Waals surface area contributed by atoms with Crippen LogP contribution in [-0.2, 0) is 18.2 Å². The first kappa shape index (κ1) is 17.3. The van der Waals surface area contributed by atoms with Crippen LogP contribution in [0.3, 0.4) is 0 Å². The number of hydrogen-bond acceptors (Lipinski definition) is 4. The molecule has 0 aliphatic carbocycles. The molecule has 25 heavy (non-hydrogen) atoms. The molecule has 0 saturated carbocycles. The molecule has 0 spiro atoms. The molecule has 2 aromatic rings. The van der Waals surface area contributed by atoms with Gasteiger partial charge in [0.15, 0.2) is 0 Å². The summed E-state index contributed by atoms with van der Waals surface area (Å²) < 4.78 is 12.8. The zero-order chi connectivity index (χ0) is 18.0. The predicted molar refractivity (Wildman–Crippen MR) is 93.8 cm³/mol. The van der Waals surface area contributed by atoms with Crippen LogP contribution in [0.4, 0.5) is 10.5 Å². The van der Waals surface area contributed by atoms with Gasteiger partial charge in [-0.2, -0.15) is 0 Å². The number of nitrogens with zero attached hydrogens (tertiary/aromatic N) is 2. The Bertz CT molecular complexity index is 824. The molecule has 134 valence electrons. The van der Waals surface area contributed by atoms with E-state index in [2.05, 4.69) is 5.32 Å². The van der Waals surface area contributed by atoms with Gasteiger partial charge in [-0.05, 0) is 30.7 Å². The molecule has 1 aliphatic heterocycles. The fourth-order valence-corrected chi connectivity index (χ4v) is 2.90. The zero-order valence-electron chi connectivity index (χ0n) is 14.7. The molecular formula is C18H23N3O4. The van der Waals surface area contributed by atoms with Crippen molar-refractivity contribution in [2.75, 3.05) is 25.1 Å². The maximum absolute atomic E-state index is 12.8. The van der Waals surface area contributed by atoms with Crippen molar-refractivity contribution in [3.63, 3.8) is 0 Å². The average Bonchev–Trinajstić information content (AvgIpc) is 3.11. The number of carbonyl (C=O) groups excluding carboxylic acids is 1. The summed E-state index contributed by atoms with van der Waals surface area (Å²) in [4.78, 5) is 26.8. The van der Waals surface area contributed by atoms with Crippen molar-refractivity contribution in [2.24, 2.45) is 7.05 Å². The number of aryl methyl sites for hydroxylation is 3. The summed E-state index contributed by atoms with van der Waals surface area (Å²) in [5.41, 5.74) is 0.797. The number of morpholine rings is 1. The maximum atomic E-state index is 12.8. The van der Waals surface area contributed by atoms with Crippen molar-refractivity contribution in [1.29, 1.82) is 0 Å². The number of amides is 2. The lowest BCUT2D eigenvalue weighted by atomic mass is 10.2. The highest BCUT2D eigenvalue weighted by Crippen LogP contribution is 2.27. The van der Waals surface area contributed by atoms with E-state index < -0.39 is 0 Å². The SMILES string of the molecule is CCc1ccc([C@H]2COCCN2C(=O)Nc2c(C)ccn(C)c2=O)o1. The summed E-state index contributed by atoms with van der Waals surface area (Å²) in [6.45, 7) is 5.07. The van der Waals surface area contributed by atoms with Gasteiger partial charge in [0, 0.05) is 26.2 Å². The van der Waals surface area contributed by atoms with E-state index in [4.69, 9.17) is 9.15 Å². The minimum absolute atomic E-state index is 0.232. The molecule has 1 atom stereocenters. The van der Waals surface area contributed by atoms with Crippen molar-refractivity contribution in [1.82, 2.24) is 9.47 Å². The molecule has 7 nitrogen and oxygen atoms in total. The summed E-state index contributed by atoms with van der Waals surface area (Å²) in [7, 11) is 1.66. The van der Waals surface area contributed by atoms with Crippen molar-refractivity contribution >= 4 is 11.7 Å². The largest absolute Gasteiger partial charge is 0.464 e. The third-order valence-corrected chi connectivity index (χ3v) is 4.46. The third-order valence-electron chi connectivity index (χ3n) is 4.46. The number of aromatic nitrogens is 1. The Morgan fingerprint density at radius 2 is 2.16 bits per heavy atom. The number of anilines is 1. The van der Waals surface area contributed by atoms with Crippen molar-refractivity contribution in [3.05, 3.63) is 51.8 Å². The number of hydrogen-bond donors (Lipinski definition) is 1. The fourth-order valence-electron chi connectivity index (χ4n) is 2.90. The number of ether oxygens (including phenoxy) is 1. The monoisotopic (exact) mass is 345 g/mol. The standard InChI is InChI=1S/C18H23N3O4/c1-4-13-5-6-15(25-13)14-11-24-10-9-21(14)18(23)19-16-12(2)7-8-20(3)17(16)22/h5-8,14H,4,9-11H2,1-3H3,(H,19,23)/t14-/m1/s1. The summed E-state index contributed by atoms with van der Waals surface area (Å²) in [5, 5.41) is 2.77. The number of carbonyl (C=O) groups is 1. The summed E-state index contributed by atoms with van der Waals surface area (Å²) in [6.07, 6.45) is 2.47. The number of rotatable bonds is 3. The minimum atomic E-state index is -0.325. The fraction of sp³-hybridized carbons (Fsp3) is 0.444. The summed E-state index contributed by atoms with van der Waals surface area (Å²) in [6, 6.07) is 4.96. The molecule has 7 heteroatoms. The zero-order valence-corrected chi connectivity index (χ0v) is 14.7. The van der Waals surface area contributed by atoms with Crippen LogP contribution in [0.5, 0.6) is 0 Å². The van der Waals surface area contributed by atoms with Crippen LogP contribution in [-0.4, -0.2) is 35.3 Å². The summed E-state index contributed by atoms with van der Waals surface area (Å²) >= 11 is 0. The average molecular weight is 345 g/mol. The minimum Gasteiger partial charge on any atom is -0.464 e. The quantitative estimate of drug-likeness (QED) is 0.927. The van der Waals surface area contributed by atoms with Crippen LogP contribution in [0.15, 0.2) is 33.6 Å². The van der Waals surface area contributed by atoms with Gasteiger partial charge in [0.1, 0.15) is 23.2 Å². The van der Waals surface area contributed by atoms with E-state index in [1.165, 1.54) is 4.57 Å². The van der Waals surface area contributed by atoms with Crippen molar-refractivity contribution < 1.29 is 13.9 Å². The molecule has 0 radical (unpaired) electrons. The Labute approximate surface area is 146 Å². The number of furan rings is 1. The van der Waals surface area contributed by atoms with E-state index in [9.17, 15) is 9.59 Å². The molecule has 1 fully saturated rings. The van der Waals surface area contributed by atoms with Gasteiger partial charge < -0.3 is 23.9 Å². The van der Waals surface area contributed by atoms with Crippen LogP contribution >= 0.6 is 0 Å². The molecule has 1 aliphatic rings. The first-order chi connectivity index (χ1) is 12.0. The van der Waals surface area contributed by atoms with Gasteiger partial charge in [0.2, 0.25) is 0 Å². The van der Waals surface area contributed by atoms with Gasteiger partial charge in [-0.1, -0.05) is 6.92 Å². The highest BCUT2D eigenvalue weighted by Gasteiger charge is 2.31. The highest BCUT2D eigenvalue weighted by molar-refractivity contribution is 5.90. The van der Waals surface area contributed by atoms with Crippen LogP contribution in [0.25, 0.3) is 0 Å². The highest BCUT2D eigenvalue weighted by atomic mass is 16.5. The molecule has 3 rings (SSSR count). The van der Waals surface area contributed by atoms with Crippen LogP contribution < -0.4 is 10.9 Å². The maximum Gasteiger partial charge on any atom is 0.322 e. The van der Waals surface area contributed by atoms with Gasteiger partial charge in [-0.15, -0.1) is 0 Å². The van der Waals surface area contributed by atoms with Gasteiger partial charge in [0.25, 0.3) is 5.56 Å². The van der Waals surface area contributed by atoms with E-state index in [-0.39, 0.29) is 17.6 Å². The molecule has 2 amide bonds. The molecule has 2 aromatic heterocycles. The lowest BCUT2D eigenvalue weighted by Crippen LogP contribution is -2.46. The van der Waals surface area contributed by atoms with Crippen LogP contribution in [0.2, 0.25) is 0 Å². The Hall–Kier alpha value is -2.54. The lowest BCUT2D eigenvalue weighted by molar-refractivity contribution is 0.00701. The molecule has 0 unspecified atom stereocenters. The van der Waals surface area contributed by atoms with E-state index >= 15 is 0 Å².